The van der Waals surface area contributed by atoms with Gasteiger partial charge in [0.05, 0.1) is 0 Å². The molecule has 0 aromatic heterocycles. The number of halogens is 3. The fourth-order valence-corrected chi connectivity index (χ4v) is 0.876. The lowest BCUT2D eigenvalue weighted by molar-refractivity contribution is -0.187. The minimum Gasteiger partial charge on any atom is -0.380 e. The molecule has 0 amide bonds. The molecule has 0 aliphatic heterocycles. The largest absolute Gasteiger partial charge is 0.417 e. The van der Waals surface area contributed by atoms with Crippen LogP contribution in [0.2, 0.25) is 0 Å². The molecule has 0 bridgehead atoms. The number of hydrogen-bond donors (Lipinski definition) is 1. The molecule has 0 aliphatic rings. The summed E-state index contributed by atoms with van der Waals surface area (Å²) in [4.78, 5) is 0. The summed E-state index contributed by atoms with van der Waals surface area (Å²) >= 11 is 0. The highest BCUT2D eigenvalue weighted by Crippen LogP contribution is 2.21. The van der Waals surface area contributed by atoms with Crippen LogP contribution in [0, 0.1) is 0 Å². The molecule has 1 rings (SSSR count). The Bertz CT molecular complexity index is 303. The van der Waals surface area contributed by atoms with Crippen molar-refractivity contribution in [2.45, 2.75) is 12.3 Å². The Morgan fingerprint density at radius 2 is 1.71 bits per heavy atom. The van der Waals surface area contributed by atoms with Gasteiger partial charge in [-0.05, 0) is 11.6 Å². The van der Waals surface area contributed by atoms with Crippen LogP contribution >= 0.6 is 0 Å². The Kier molecular flexibility index (Phi) is 3.30. The highest BCUT2D eigenvalue weighted by atomic mass is 19.4. The van der Waals surface area contributed by atoms with E-state index in [0.29, 0.717) is 5.56 Å². The SMILES string of the molecule is O[C@@H](/C=C\c1ccccc1)C(F)(F)F. The van der Waals surface area contributed by atoms with Crippen LogP contribution in [0.3, 0.4) is 0 Å². The third-order valence-electron chi connectivity index (χ3n) is 1.61. The third kappa shape index (κ3) is 3.22. The van der Waals surface area contributed by atoms with E-state index < -0.39 is 12.3 Å². The van der Waals surface area contributed by atoms with E-state index in [0.717, 1.165) is 6.08 Å². The zero-order chi connectivity index (χ0) is 10.6. The molecule has 4 heteroatoms. The van der Waals surface area contributed by atoms with E-state index >= 15 is 0 Å². The van der Waals surface area contributed by atoms with Crippen molar-refractivity contribution < 1.29 is 18.3 Å². The highest BCUT2D eigenvalue weighted by Gasteiger charge is 2.35. The van der Waals surface area contributed by atoms with Crippen LogP contribution in [0.25, 0.3) is 6.08 Å². The number of aliphatic hydroxyl groups is 1. The maximum Gasteiger partial charge on any atom is 0.417 e. The summed E-state index contributed by atoms with van der Waals surface area (Å²) in [5.74, 6) is 0. The molecule has 14 heavy (non-hydrogen) atoms. The van der Waals surface area contributed by atoms with Gasteiger partial charge in [0.2, 0.25) is 0 Å². The first-order valence-electron chi connectivity index (χ1n) is 3.98. The Morgan fingerprint density at radius 1 is 1.14 bits per heavy atom. The van der Waals surface area contributed by atoms with Crippen molar-refractivity contribution in [2.75, 3.05) is 0 Å². The Labute approximate surface area is 79.5 Å². The summed E-state index contributed by atoms with van der Waals surface area (Å²) in [6.45, 7) is 0. The molecule has 0 unspecified atom stereocenters. The molecule has 0 aliphatic carbocycles. The number of aliphatic hydroxyl groups excluding tert-OH is 1. The Morgan fingerprint density at radius 3 is 2.21 bits per heavy atom. The van der Waals surface area contributed by atoms with Gasteiger partial charge in [-0.3, -0.25) is 0 Å². The summed E-state index contributed by atoms with van der Waals surface area (Å²) in [5.41, 5.74) is 0.621. The van der Waals surface area contributed by atoms with Crippen LogP contribution in [0.1, 0.15) is 5.56 Å². The number of benzene rings is 1. The maximum absolute atomic E-state index is 11.9. The molecule has 0 heterocycles. The van der Waals surface area contributed by atoms with Crippen LogP contribution in [-0.4, -0.2) is 17.4 Å². The predicted molar refractivity (Wildman–Crippen MR) is 47.5 cm³/mol. The van der Waals surface area contributed by atoms with Gasteiger partial charge < -0.3 is 5.11 Å². The van der Waals surface area contributed by atoms with E-state index in [2.05, 4.69) is 0 Å². The normalized spacial score (nSPS) is 14.6. The minimum atomic E-state index is -4.59. The standard InChI is InChI=1S/C10H9F3O/c11-10(12,13)9(14)7-6-8-4-2-1-3-5-8/h1-7,9,14H/b7-6-/t9-/m0/s1. The van der Waals surface area contributed by atoms with Gasteiger partial charge in [-0.25, -0.2) is 0 Å². The third-order valence-corrected chi connectivity index (χ3v) is 1.61. The first-order valence-corrected chi connectivity index (χ1v) is 3.98. The summed E-state index contributed by atoms with van der Waals surface area (Å²) in [6.07, 6.45) is -5.04. The number of rotatable bonds is 2. The maximum atomic E-state index is 11.9. The second-order valence-corrected chi connectivity index (χ2v) is 2.76. The van der Waals surface area contributed by atoms with Crippen molar-refractivity contribution in [3.8, 4) is 0 Å². The highest BCUT2D eigenvalue weighted by molar-refractivity contribution is 5.49. The molecule has 1 N–H and O–H groups in total. The van der Waals surface area contributed by atoms with E-state index in [4.69, 9.17) is 5.11 Å². The lowest BCUT2D eigenvalue weighted by atomic mass is 10.2. The minimum absolute atomic E-state index is 0.621. The Balaban J connectivity index is 2.66. The van der Waals surface area contributed by atoms with Crippen molar-refractivity contribution >= 4 is 6.08 Å². The molecule has 0 radical (unpaired) electrons. The molecule has 1 atom stereocenters. The van der Waals surface area contributed by atoms with E-state index in [-0.39, 0.29) is 0 Å². The lowest BCUT2D eigenvalue weighted by Crippen LogP contribution is -2.25. The van der Waals surface area contributed by atoms with Crippen molar-refractivity contribution in [2.24, 2.45) is 0 Å². The molecular weight excluding hydrogens is 193 g/mol. The van der Waals surface area contributed by atoms with E-state index in [1.807, 2.05) is 0 Å². The number of hydrogen-bond acceptors (Lipinski definition) is 1. The first-order chi connectivity index (χ1) is 6.50. The average Bonchev–Trinajstić information content (AvgIpc) is 2.14. The van der Waals surface area contributed by atoms with Crippen LogP contribution < -0.4 is 0 Å². The van der Waals surface area contributed by atoms with Gasteiger partial charge in [0.25, 0.3) is 0 Å². The summed E-state index contributed by atoms with van der Waals surface area (Å²) < 4.78 is 35.6. The van der Waals surface area contributed by atoms with Gasteiger partial charge >= 0.3 is 6.18 Å². The lowest BCUT2D eigenvalue weighted by Gasteiger charge is -2.09. The second kappa shape index (κ2) is 4.28. The fraction of sp³-hybridized carbons (Fsp3) is 0.200. The first kappa shape index (κ1) is 10.8. The summed E-state index contributed by atoms with van der Waals surface area (Å²) in [7, 11) is 0. The monoisotopic (exact) mass is 202 g/mol. The molecule has 1 nitrogen and oxygen atoms in total. The van der Waals surface area contributed by atoms with Crippen LogP contribution in [0.15, 0.2) is 36.4 Å². The summed E-state index contributed by atoms with van der Waals surface area (Å²) in [5, 5.41) is 8.64. The van der Waals surface area contributed by atoms with Crippen LogP contribution in [0.4, 0.5) is 13.2 Å². The molecule has 1 aromatic rings. The predicted octanol–water partition coefficient (Wildman–Crippen LogP) is 2.62. The van der Waals surface area contributed by atoms with E-state index in [1.54, 1.807) is 30.3 Å². The van der Waals surface area contributed by atoms with Crippen LogP contribution in [-0.2, 0) is 0 Å². The van der Waals surface area contributed by atoms with Crippen molar-refractivity contribution in [1.29, 1.82) is 0 Å². The van der Waals surface area contributed by atoms with Gasteiger partial charge in [-0.15, -0.1) is 0 Å². The number of alkyl halides is 3. The zero-order valence-electron chi connectivity index (χ0n) is 7.20. The smallest absolute Gasteiger partial charge is 0.380 e. The fourth-order valence-electron chi connectivity index (χ4n) is 0.876. The van der Waals surface area contributed by atoms with Gasteiger partial charge in [-0.2, -0.15) is 13.2 Å². The van der Waals surface area contributed by atoms with E-state index in [1.165, 1.54) is 6.08 Å². The molecule has 0 saturated heterocycles. The van der Waals surface area contributed by atoms with Gasteiger partial charge in [0, 0.05) is 0 Å². The van der Waals surface area contributed by atoms with Crippen LogP contribution in [0.5, 0.6) is 0 Å². The van der Waals surface area contributed by atoms with E-state index in [9.17, 15) is 13.2 Å². The molecule has 76 valence electrons. The second-order valence-electron chi connectivity index (χ2n) is 2.76. The summed E-state index contributed by atoms with van der Waals surface area (Å²) in [6, 6.07) is 8.48. The average molecular weight is 202 g/mol. The molecule has 0 saturated carbocycles. The molecule has 0 spiro atoms. The topological polar surface area (TPSA) is 20.2 Å². The van der Waals surface area contributed by atoms with Gasteiger partial charge in [0.15, 0.2) is 6.10 Å². The van der Waals surface area contributed by atoms with Crippen molar-refractivity contribution in [1.82, 2.24) is 0 Å². The molecule has 0 fully saturated rings. The van der Waals surface area contributed by atoms with Crippen molar-refractivity contribution in [3.63, 3.8) is 0 Å². The zero-order valence-corrected chi connectivity index (χ0v) is 7.20. The Hall–Kier alpha value is -1.29. The quantitative estimate of drug-likeness (QED) is 0.781. The van der Waals surface area contributed by atoms with Crippen molar-refractivity contribution in [3.05, 3.63) is 42.0 Å². The molecular formula is C10H9F3O. The molecule has 1 aromatic carbocycles. The van der Waals surface area contributed by atoms with Gasteiger partial charge in [0.1, 0.15) is 0 Å². The van der Waals surface area contributed by atoms with Gasteiger partial charge in [-0.1, -0.05) is 36.4 Å².